The zero-order valence-corrected chi connectivity index (χ0v) is 13.4. The monoisotopic (exact) mass is 316 g/mol. The summed E-state index contributed by atoms with van der Waals surface area (Å²) in [5.74, 6) is 1.68. The quantitative estimate of drug-likeness (QED) is 0.855. The number of methoxy groups -OCH3 is 3. The van der Waals surface area contributed by atoms with Crippen LogP contribution in [-0.4, -0.2) is 31.5 Å². The van der Waals surface area contributed by atoms with Crippen LogP contribution in [0.2, 0.25) is 0 Å². The smallest absolute Gasteiger partial charge is 0.203 e. The van der Waals surface area contributed by atoms with Crippen LogP contribution >= 0.6 is 0 Å². The average Bonchev–Trinajstić information content (AvgIpc) is 2.57. The van der Waals surface area contributed by atoms with E-state index in [9.17, 15) is 10.2 Å². The lowest BCUT2D eigenvalue weighted by Crippen LogP contribution is -1.95. The lowest BCUT2D eigenvalue weighted by Gasteiger charge is -2.12. The van der Waals surface area contributed by atoms with Gasteiger partial charge < -0.3 is 24.4 Å². The Hall–Kier alpha value is -2.82. The predicted molar refractivity (Wildman–Crippen MR) is 88.6 cm³/mol. The molecule has 0 amide bonds. The predicted octanol–water partition coefficient (Wildman–Crippen LogP) is 3.38. The second kappa shape index (κ2) is 7.45. The van der Waals surface area contributed by atoms with E-state index in [1.807, 2.05) is 6.08 Å². The summed E-state index contributed by atoms with van der Waals surface area (Å²) in [5.41, 5.74) is 1.52. The van der Waals surface area contributed by atoms with Gasteiger partial charge in [-0.25, -0.2) is 0 Å². The molecule has 2 aromatic rings. The fraction of sp³-hybridized carbons (Fsp3) is 0.222. The van der Waals surface area contributed by atoms with Crippen molar-refractivity contribution in [3.63, 3.8) is 0 Å². The Morgan fingerprint density at radius 2 is 1.57 bits per heavy atom. The number of rotatable bonds is 6. The molecule has 0 aromatic heterocycles. The molecule has 0 radical (unpaired) electrons. The van der Waals surface area contributed by atoms with E-state index in [2.05, 4.69) is 0 Å². The Morgan fingerprint density at radius 1 is 0.870 bits per heavy atom. The first-order valence-electron chi connectivity index (χ1n) is 7.07. The highest BCUT2D eigenvalue weighted by atomic mass is 16.5. The van der Waals surface area contributed by atoms with E-state index in [0.29, 0.717) is 29.2 Å². The molecule has 2 aromatic carbocycles. The Kier molecular flexibility index (Phi) is 5.36. The van der Waals surface area contributed by atoms with Gasteiger partial charge >= 0.3 is 0 Å². The Balaban J connectivity index is 2.24. The topological polar surface area (TPSA) is 68.2 Å². The van der Waals surface area contributed by atoms with Crippen molar-refractivity contribution < 1.29 is 24.4 Å². The second-order valence-corrected chi connectivity index (χ2v) is 4.84. The normalized spacial score (nSPS) is 10.7. The fourth-order valence-corrected chi connectivity index (χ4v) is 2.28. The molecule has 122 valence electrons. The van der Waals surface area contributed by atoms with Crippen LogP contribution in [0.1, 0.15) is 11.1 Å². The molecule has 0 unspecified atom stereocenters. The minimum atomic E-state index is 0.0301. The summed E-state index contributed by atoms with van der Waals surface area (Å²) >= 11 is 0. The van der Waals surface area contributed by atoms with Crippen LogP contribution in [0.5, 0.6) is 28.7 Å². The highest BCUT2D eigenvalue weighted by Crippen LogP contribution is 2.39. The molecule has 5 nitrogen and oxygen atoms in total. The van der Waals surface area contributed by atoms with E-state index in [0.717, 1.165) is 5.56 Å². The minimum Gasteiger partial charge on any atom is -0.507 e. The van der Waals surface area contributed by atoms with Crippen LogP contribution in [0.4, 0.5) is 0 Å². The van der Waals surface area contributed by atoms with Gasteiger partial charge in [-0.1, -0.05) is 18.2 Å². The number of ether oxygens (including phenoxy) is 3. The zero-order chi connectivity index (χ0) is 16.8. The average molecular weight is 316 g/mol. The zero-order valence-electron chi connectivity index (χ0n) is 13.4. The first kappa shape index (κ1) is 16.5. The maximum atomic E-state index is 9.86. The third kappa shape index (κ3) is 3.69. The molecule has 0 spiro atoms. The lowest BCUT2D eigenvalue weighted by molar-refractivity contribution is 0.331. The molecule has 23 heavy (non-hydrogen) atoms. The largest absolute Gasteiger partial charge is 0.507 e. The van der Waals surface area contributed by atoms with Gasteiger partial charge in [0, 0.05) is 11.1 Å². The maximum Gasteiger partial charge on any atom is 0.203 e. The van der Waals surface area contributed by atoms with Crippen LogP contribution in [-0.2, 0) is 6.42 Å². The Labute approximate surface area is 135 Å². The van der Waals surface area contributed by atoms with E-state index in [4.69, 9.17) is 14.2 Å². The van der Waals surface area contributed by atoms with E-state index in [1.54, 1.807) is 43.5 Å². The molecule has 2 rings (SSSR count). The van der Waals surface area contributed by atoms with E-state index < -0.39 is 0 Å². The second-order valence-electron chi connectivity index (χ2n) is 4.84. The number of phenolic OH excluding ortho intramolecular Hbond substituents is 2. The van der Waals surface area contributed by atoms with Crippen LogP contribution in [0.15, 0.2) is 36.4 Å². The summed E-state index contributed by atoms with van der Waals surface area (Å²) in [4.78, 5) is 0. The molecule has 0 aliphatic carbocycles. The minimum absolute atomic E-state index is 0.0301. The molecule has 0 aliphatic heterocycles. The van der Waals surface area contributed by atoms with Gasteiger partial charge in [-0.3, -0.25) is 0 Å². The first-order chi connectivity index (χ1) is 11.1. The standard InChI is InChI=1S/C18H20O5/c1-21-14-8-10-15(19)13(11-14)6-4-5-12-7-9-16(20)18(23-3)17(12)22-2/h4,6-11,19-20H,5H2,1-3H3/b6-4+. The highest BCUT2D eigenvalue weighted by Gasteiger charge is 2.13. The number of aromatic hydroxyl groups is 2. The molecule has 0 saturated heterocycles. The van der Waals surface area contributed by atoms with Gasteiger partial charge in [0.2, 0.25) is 5.75 Å². The maximum absolute atomic E-state index is 9.86. The Morgan fingerprint density at radius 3 is 2.22 bits per heavy atom. The van der Waals surface area contributed by atoms with Crippen molar-refractivity contribution in [2.75, 3.05) is 21.3 Å². The van der Waals surface area contributed by atoms with Gasteiger partial charge in [0.05, 0.1) is 21.3 Å². The first-order valence-corrected chi connectivity index (χ1v) is 7.07. The van der Waals surface area contributed by atoms with Crippen molar-refractivity contribution in [1.29, 1.82) is 0 Å². The number of hydrogen-bond acceptors (Lipinski definition) is 5. The van der Waals surface area contributed by atoms with E-state index >= 15 is 0 Å². The van der Waals surface area contributed by atoms with Crippen molar-refractivity contribution in [2.45, 2.75) is 6.42 Å². The van der Waals surface area contributed by atoms with Crippen molar-refractivity contribution in [1.82, 2.24) is 0 Å². The van der Waals surface area contributed by atoms with Crippen LogP contribution < -0.4 is 14.2 Å². The molecule has 0 saturated carbocycles. The SMILES string of the molecule is COc1ccc(O)c(/C=C/Cc2ccc(O)c(OC)c2OC)c1. The molecule has 0 atom stereocenters. The van der Waals surface area contributed by atoms with Crippen molar-refractivity contribution in [3.8, 4) is 28.7 Å². The number of phenols is 2. The van der Waals surface area contributed by atoms with Gasteiger partial charge in [0.15, 0.2) is 11.5 Å². The molecular weight excluding hydrogens is 296 g/mol. The van der Waals surface area contributed by atoms with Crippen molar-refractivity contribution >= 4 is 6.08 Å². The molecular formula is C18H20O5. The van der Waals surface area contributed by atoms with Crippen molar-refractivity contribution in [3.05, 3.63) is 47.5 Å². The summed E-state index contributed by atoms with van der Waals surface area (Å²) in [6.45, 7) is 0. The van der Waals surface area contributed by atoms with Gasteiger partial charge in [-0.15, -0.1) is 0 Å². The van der Waals surface area contributed by atoms with Gasteiger partial charge in [0.1, 0.15) is 11.5 Å². The Bertz CT molecular complexity index is 707. The van der Waals surface area contributed by atoms with Gasteiger partial charge in [0.25, 0.3) is 0 Å². The van der Waals surface area contributed by atoms with E-state index in [-0.39, 0.29) is 11.5 Å². The molecule has 0 aliphatic rings. The van der Waals surface area contributed by atoms with Crippen molar-refractivity contribution in [2.24, 2.45) is 0 Å². The third-order valence-electron chi connectivity index (χ3n) is 3.45. The highest BCUT2D eigenvalue weighted by molar-refractivity contribution is 5.60. The molecule has 2 N–H and O–H groups in total. The van der Waals surface area contributed by atoms with Crippen LogP contribution in [0.25, 0.3) is 6.08 Å². The van der Waals surface area contributed by atoms with Gasteiger partial charge in [-0.05, 0) is 30.7 Å². The number of hydrogen-bond donors (Lipinski definition) is 2. The summed E-state index contributed by atoms with van der Waals surface area (Å²) in [6.07, 6.45) is 4.25. The van der Waals surface area contributed by atoms with Gasteiger partial charge in [-0.2, -0.15) is 0 Å². The fourth-order valence-electron chi connectivity index (χ4n) is 2.28. The lowest BCUT2D eigenvalue weighted by atomic mass is 10.1. The molecule has 0 bridgehead atoms. The third-order valence-corrected chi connectivity index (χ3v) is 3.45. The van der Waals surface area contributed by atoms with Crippen LogP contribution in [0.3, 0.4) is 0 Å². The summed E-state index contributed by atoms with van der Waals surface area (Å²) in [5, 5.41) is 19.6. The molecule has 0 fully saturated rings. The number of allylic oxidation sites excluding steroid dienone is 1. The molecule has 5 heteroatoms. The number of benzene rings is 2. The van der Waals surface area contributed by atoms with Crippen LogP contribution in [0, 0.1) is 0 Å². The van der Waals surface area contributed by atoms with E-state index in [1.165, 1.54) is 14.2 Å². The summed E-state index contributed by atoms with van der Waals surface area (Å²) in [6, 6.07) is 8.36. The molecule has 0 heterocycles. The summed E-state index contributed by atoms with van der Waals surface area (Å²) in [7, 11) is 4.58. The summed E-state index contributed by atoms with van der Waals surface area (Å²) < 4.78 is 15.6.